The van der Waals surface area contributed by atoms with Crippen LogP contribution in [0.5, 0.6) is 5.75 Å². The second kappa shape index (κ2) is 6.48. The van der Waals surface area contributed by atoms with E-state index in [2.05, 4.69) is 10.3 Å². The van der Waals surface area contributed by atoms with Crippen molar-refractivity contribution in [3.8, 4) is 5.75 Å². The molecule has 1 aromatic heterocycles. The average molecular weight is 357 g/mol. The molecule has 130 valence electrons. The van der Waals surface area contributed by atoms with E-state index in [1.165, 1.54) is 30.2 Å². The van der Waals surface area contributed by atoms with Gasteiger partial charge in [0.1, 0.15) is 11.8 Å². The van der Waals surface area contributed by atoms with Crippen LogP contribution < -0.4 is 5.32 Å². The van der Waals surface area contributed by atoms with Gasteiger partial charge in [0.15, 0.2) is 5.13 Å². The van der Waals surface area contributed by atoms with E-state index in [9.17, 15) is 14.7 Å². The molecule has 6 nitrogen and oxygen atoms in total. The van der Waals surface area contributed by atoms with Gasteiger partial charge in [-0.25, -0.2) is 4.98 Å². The van der Waals surface area contributed by atoms with E-state index in [0.717, 1.165) is 12.1 Å². The van der Waals surface area contributed by atoms with Gasteiger partial charge in [0, 0.05) is 17.8 Å². The van der Waals surface area contributed by atoms with E-state index < -0.39 is 6.04 Å². The highest BCUT2D eigenvalue weighted by Gasteiger charge is 2.36. The minimum atomic E-state index is -0.527. The SMILES string of the molecule is O=C(Nc1nc(C2CC2)cs1)[C@H]1CCCN1C(=O)c1ccccc1O. The number of likely N-dealkylation sites (tertiary alicyclic amines) is 1. The molecule has 25 heavy (non-hydrogen) atoms. The Morgan fingerprint density at radius 3 is 2.80 bits per heavy atom. The van der Waals surface area contributed by atoms with Crippen molar-refractivity contribution in [3.63, 3.8) is 0 Å². The number of phenolic OH excluding ortho intramolecular Hbond substituents is 1. The molecule has 1 aliphatic heterocycles. The van der Waals surface area contributed by atoms with Gasteiger partial charge in [-0.15, -0.1) is 11.3 Å². The summed E-state index contributed by atoms with van der Waals surface area (Å²) in [6.45, 7) is 0.510. The fraction of sp³-hybridized carbons (Fsp3) is 0.389. The maximum atomic E-state index is 12.7. The summed E-state index contributed by atoms with van der Waals surface area (Å²) in [5.41, 5.74) is 1.28. The minimum absolute atomic E-state index is 0.0624. The Morgan fingerprint density at radius 2 is 2.04 bits per heavy atom. The zero-order chi connectivity index (χ0) is 17.4. The van der Waals surface area contributed by atoms with Crippen LogP contribution in [0.2, 0.25) is 0 Å². The Balaban J connectivity index is 1.47. The second-order valence-electron chi connectivity index (χ2n) is 6.51. The van der Waals surface area contributed by atoms with Crippen molar-refractivity contribution in [2.75, 3.05) is 11.9 Å². The summed E-state index contributed by atoms with van der Waals surface area (Å²) in [6.07, 6.45) is 3.72. The predicted octanol–water partition coefficient (Wildman–Crippen LogP) is 2.97. The van der Waals surface area contributed by atoms with Crippen LogP contribution in [0.1, 0.15) is 47.7 Å². The Morgan fingerprint density at radius 1 is 1.24 bits per heavy atom. The van der Waals surface area contributed by atoms with E-state index in [4.69, 9.17) is 0 Å². The van der Waals surface area contributed by atoms with E-state index >= 15 is 0 Å². The largest absolute Gasteiger partial charge is 0.507 e. The number of hydrogen-bond donors (Lipinski definition) is 2. The van der Waals surface area contributed by atoms with Crippen molar-refractivity contribution in [2.45, 2.75) is 37.6 Å². The van der Waals surface area contributed by atoms with Crippen LogP contribution in [0, 0.1) is 0 Å². The molecule has 0 unspecified atom stereocenters. The summed E-state index contributed by atoms with van der Waals surface area (Å²) >= 11 is 1.43. The molecule has 0 radical (unpaired) electrons. The number of anilines is 1. The van der Waals surface area contributed by atoms with Crippen LogP contribution in [0.3, 0.4) is 0 Å². The van der Waals surface area contributed by atoms with E-state index in [0.29, 0.717) is 24.0 Å². The number of amides is 2. The lowest BCUT2D eigenvalue weighted by Crippen LogP contribution is -2.43. The van der Waals surface area contributed by atoms with Crippen molar-refractivity contribution in [1.82, 2.24) is 9.88 Å². The second-order valence-corrected chi connectivity index (χ2v) is 7.37. The fourth-order valence-electron chi connectivity index (χ4n) is 3.19. The van der Waals surface area contributed by atoms with Crippen molar-refractivity contribution in [1.29, 1.82) is 0 Å². The van der Waals surface area contributed by atoms with Crippen LogP contribution in [-0.2, 0) is 4.79 Å². The zero-order valence-corrected chi connectivity index (χ0v) is 14.5. The lowest BCUT2D eigenvalue weighted by Gasteiger charge is -2.23. The first kappa shape index (κ1) is 16.1. The molecule has 0 bridgehead atoms. The van der Waals surface area contributed by atoms with Gasteiger partial charge in [-0.2, -0.15) is 0 Å². The van der Waals surface area contributed by atoms with Crippen molar-refractivity contribution in [2.24, 2.45) is 0 Å². The number of aromatic nitrogens is 1. The molecule has 2 fully saturated rings. The van der Waals surface area contributed by atoms with Gasteiger partial charge in [0.2, 0.25) is 5.91 Å². The van der Waals surface area contributed by atoms with Gasteiger partial charge in [-0.3, -0.25) is 9.59 Å². The third-order valence-electron chi connectivity index (χ3n) is 4.70. The quantitative estimate of drug-likeness (QED) is 0.881. The number of carbonyl (C=O) groups excluding carboxylic acids is 2. The Hall–Kier alpha value is -2.41. The summed E-state index contributed by atoms with van der Waals surface area (Å²) in [6, 6.07) is 5.90. The predicted molar refractivity (Wildman–Crippen MR) is 94.9 cm³/mol. The van der Waals surface area contributed by atoms with Crippen molar-refractivity contribution < 1.29 is 14.7 Å². The molecule has 1 aliphatic carbocycles. The highest BCUT2D eigenvalue weighted by molar-refractivity contribution is 7.13. The number of carbonyl (C=O) groups is 2. The molecule has 2 heterocycles. The third kappa shape index (κ3) is 3.24. The summed E-state index contributed by atoms with van der Waals surface area (Å²) in [7, 11) is 0. The molecule has 0 spiro atoms. The number of thiazole rings is 1. The number of hydrogen-bond acceptors (Lipinski definition) is 5. The summed E-state index contributed by atoms with van der Waals surface area (Å²) in [5, 5.41) is 15.3. The van der Waals surface area contributed by atoms with Crippen molar-refractivity contribution in [3.05, 3.63) is 40.9 Å². The van der Waals surface area contributed by atoms with Gasteiger partial charge in [0.05, 0.1) is 11.3 Å². The maximum Gasteiger partial charge on any atom is 0.258 e. The standard InChI is InChI=1S/C18H19N3O3S/c22-15-6-2-1-4-12(15)17(24)21-9-3-5-14(21)16(23)20-18-19-13(10-25-18)11-7-8-11/h1-2,4,6,10-11,14,22H,3,5,7-9H2,(H,19,20,23)/t14-/m1/s1. The topological polar surface area (TPSA) is 82.5 Å². The number of nitrogens with zero attached hydrogens (tertiary/aromatic N) is 2. The zero-order valence-electron chi connectivity index (χ0n) is 13.6. The highest BCUT2D eigenvalue weighted by Crippen LogP contribution is 2.41. The van der Waals surface area contributed by atoms with Crippen LogP contribution in [0.4, 0.5) is 5.13 Å². The summed E-state index contributed by atoms with van der Waals surface area (Å²) < 4.78 is 0. The summed E-state index contributed by atoms with van der Waals surface area (Å²) in [4.78, 5) is 31.4. The molecule has 7 heteroatoms. The van der Waals surface area contributed by atoms with Gasteiger partial charge < -0.3 is 15.3 Å². The molecule has 2 aromatic rings. The number of phenols is 1. The Labute approximate surface area is 149 Å². The first-order valence-electron chi connectivity index (χ1n) is 8.49. The van der Waals surface area contributed by atoms with Crippen LogP contribution in [-0.4, -0.2) is 39.4 Å². The van der Waals surface area contributed by atoms with Gasteiger partial charge in [-0.05, 0) is 37.8 Å². The molecular formula is C18H19N3O3S. The molecule has 2 amide bonds. The summed E-state index contributed by atoms with van der Waals surface area (Å²) in [5.74, 6) is -0.0356. The first-order valence-corrected chi connectivity index (χ1v) is 9.36. The third-order valence-corrected chi connectivity index (χ3v) is 5.47. The highest BCUT2D eigenvalue weighted by atomic mass is 32.1. The van der Waals surface area contributed by atoms with E-state index in [1.54, 1.807) is 23.1 Å². The molecular weight excluding hydrogens is 338 g/mol. The van der Waals surface area contributed by atoms with Crippen LogP contribution >= 0.6 is 11.3 Å². The Bertz CT molecular complexity index is 815. The van der Waals surface area contributed by atoms with Crippen molar-refractivity contribution >= 4 is 28.3 Å². The number of aromatic hydroxyl groups is 1. The molecule has 1 saturated heterocycles. The molecule has 1 atom stereocenters. The number of benzene rings is 1. The average Bonchev–Trinajstić information content (AvgIpc) is 3.16. The van der Waals surface area contributed by atoms with Crippen LogP contribution in [0.25, 0.3) is 0 Å². The van der Waals surface area contributed by atoms with E-state index in [-0.39, 0.29) is 23.1 Å². The van der Waals surface area contributed by atoms with Crippen LogP contribution in [0.15, 0.2) is 29.6 Å². The molecule has 1 saturated carbocycles. The maximum absolute atomic E-state index is 12.7. The monoisotopic (exact) mass is 357 g/mol. The number of para-hydroxylation sites is 1. The number of nitrogens with one attached hydrogen (secondary N) is 1. The van der Waals surface area contributed by atoms with E-state index in [1.807, 2.05) is 5.38 Å². The van der Waals surface area contributed by atoms with Gasteiger partial charge in [0.25, 0.3) is 5.91 Å². The smallest absolute Gasteiger partial charge is 0.258 e. The molecule has 1 aromatic carbocycles. The lowest BCUT2D eigenvalue weighted by atomic mass is 10.1. The van der Waals surface area contributed by atoms with Gasteiger partial charge >= 0.3 is 0 Å². The van der Waals surface area contributed by atoms with Gasteiger partial charge in [-0.1, -0.05) is 12.1 Å². The molecule has 2 N–H and O–H groups in total. The normalized spacial score (nSPS) is 19.8. The number of rotatable bonds is 4. The minimum Gasteiger partial charge on any atom is -0.507 e. The fourth-order valence-corrected chi connectivity index (χ4v) is 3.99. The first-order chi connectivity index (χ1) is 12.1. The molecule has 2 aliphatic rings. The Kier molecular flexibility index (Phi) is 4.17. The lowest BCUT2D eigenvalue weighted by molar-refractivity contribution is -0.119. The molecule has 4 rings (SSSR count).